The summed E-state index contributed by atoms with van der Waals surface area (Å²) in [4.78, 5) is 10.7. The molecule has 3 nitrogen and oxygen atoms in total. The molecule has 7 aromatic carbocycles. The Morgan fingerprint density at radius 1 is 0.500 bits per heavy atom. The summed E-state index contributed by atoms with van der Waals surface area (Å²) in [7, 11) is 0. The molecule has 0 aliphatic rings. The van der Waals surface area contributed by atoms with Crippen molar-refractivity contribution >= 4 is 64.4 Å². The molecule has 0 spiro atoms. The van der Waals surface area contributed by atoms with Crippen molar-refractivity contribution in [2.24, 2.45) is 0 Å². The van der Waals surface area contributed by atoms with Crippen molar-refractivity contribution in [3.8, 4) is 44.9 Å². The highest BCUT2D eigenvalue weighted by molar-refractivity contribution is 7.26. The van der Waals surface area contributed by atoms with E-state index in [1.807, 2.05) is 0 Å². The van der Waals surface area contributed by atoms with Crippen molar-refractivity contribution in [2.75, 3.05) is 0 Å². The molecule has 0 aliphatic carbocycles. The summed E-state index contributed by atoms with van der Waals surface area (Å²) in [5.74, 6) is 0.689. The van der Waals surface area contributed by atoms with Crippen LogP contribution in [0.2, 0.25) is 0 Å². The molecular weight excluding hydrogens is 605 g/mol. The Kier molecular flexibility index (Phi) is 6.05. The number of benzene rings is 7. The van der Waals surface area contributed by atoms with Gasteiger partial charge in [-0.25, -0.2) is 9.97 Å². The van der Waals surface area contributed by atoms with Crippen LogP contribution in [-0.2, 0) is 0 Å². The SMILES string of the molecule is c1ccc(-c2cccc(-c3nc(-c4cccc5oc6c(-c7ccccc7)c7ccccc7cc6c45)nc4c3sc3ccccc34)c2)cc1. The van der Waals surface area contributed by atoms with Crippen LogP contribution in [0.15, 0.2) is 162 Å². The first-order valence-electron chi connectivity index (χ1n) is 16.1. The Bertz CT molecular complexity index is 2830. The maximum Gasteiger partial charge on any atom is 0.161 e. The van der Waals surface area contributed by atoms with Crippen LogP contribution in [0.4, 0.5) is 0 Å². The highest BCUT2D eigenvalue weighted by Crippen LogP contribution is 2.45. The number of thiophene rings is 1. The molecule has 0 unspecified atom stereocenters. The van der Waals surface area contributed by atoms with Gasteiger partial charge in [-0.3, -0.25) is 0 Å². The van der Waals surface area contributed by atoms with Gasteiger partial charge in [-0.2, -0.15) is 0 Å². The average Bonchev–Trinajstić information content (AvgIpc) is 3.72. The third kappa shape index (κ3) is 4.20. The van der Waals surface area contributed by atoms with E-state index in [9.17, 15) is 0 Å². The molecule has 0 saturated carbocycles. The van der Waals surface area contributed by atoms with Crippen LogP contribution in [0.1, 0.15) is 0 Å². The summed E-state index contributed by atoms with van der Waals surface area (Å²) in [6.45, 7) is 0. The maximum absolute atomic E-state index is 6.78. The van der Waals surface area contributed by atoms with E-state index in [1.54, 1.807) is 11.3 Å². The van der Waals surface area contributed by atoms with Gasteiger partial charge < -0.3 is 4.42 Å². The van der Waals surface area contributed by atoms with E-state index in [-0.39, 0.29) is 0 Å². The topological polar surface area (TPSA) is 38.9 Å². The van der Waals surface area contributed by atoms with E-state index in [4.69, 9.17) is 14.4 Å². The first-order valence-corrected chi connectivity index (χ1v) is 16.9. The number of furan rings is 1. The maximum atomic E-state index is 6.78. The molecule has 0 aliphatic heterocycles. The molecule has 0 radical (unpaired) electrons. The standard InChI is InChI=1S/C44H26N2OS/c1-3-13-27(14-4-1)29-18-11-19-31(25-29)40-43-41(33-21-9-10-24-37(33)48-43)46-44(45-40)34-22-12-23-36-39(34)35-26-30-17-7-8-20-32(30)38(42(35)47-36)28-15-5-2-6-16-28/h1-26H. The van der Waals surface area contributed by atoms with Gasteiger partial charge in [-0.05, 0) is 51.7 Å². The molecule has 0 amide bonds. The van der Waals surface area contributed by atoms with Crippen LogP contribution in [0, 0.1) is 0 Å². The Labute approximate surface area is 280 Å². The lowest BCUT2D eigenvalue weighted by molar-refractivity contribution is 0.670. The minimum absolute atomic E-state index is 0.689. The van der Waals surface area contributed by atoms with Crippen molar-refractivity contribution in [3.63, 3.8) is 0 Å². The fourth-order valence-electron chi connectivity index (χ4n) is 7.09. The van der Waals surface area contributed by atoms with Crippen molar-refractivity contribution in [2.45, 2.75) is 0 Å². The Morgan fingerprint density at radius 3 is 2.04 bits per heavy atom. The van der Waals surface area contributed by atoms with E-state index < -0.39 is 0 Å². The molecule has 0 atom stereocenters. The van der Waals surface area contributed by atoms with Crippen LogP contribution in [0.3, 0.4) is 0 Å². The van der Waals surface area contributed by atoms with Crippen LogP contribution in [0.25, 0.3) is 97.9 Å². The largest absolute Gasteiger partial charge is 0.455 e. The van der Waals surface area contributed by atoms with Gasteiger partial charge in [0.2, 0.25) is 0 Å². The van der Waals surface area contributed by atoms with Crippen LogP contribution >= 0.6 is 11.3 Å². The summed E-state index contributed by atoms with van der Waals surface area (Å²) in [6.07, 6.45) is 0. The van der Waals surface area contributed by atoms with E-state index in [0.29, 0.717) is 5.82 Å². The first kappa shape index (κ1) is 27.1. The zero-order valence-electron chi connectivity index (χ0n) is 25.7. The molecular formula is C44H26N2OS. The van der Waals surface area contributed by atoms with Crippen LogP contribution < -0.4 is 0 Å². The summed E-state index contributed by atoms with van der Waals surface area (Å²) in [5, 5.41) is 5.56. The number of aromatic nitrogens is 2. The Hall–Kier alpha value is -6.10. The fourth-order valence-corrected chi connectivity index (χ4v) is 8.24. The Balaban J connectivity index is 1.28. The molecule has 0 saturated heterocycles. The van der Waals surface area contributed by atoms with E-state index in [2.05, 4.69) is 158 Å². The third-order valence-electron chi connectivity index (χ3n) is 9.28. The van der Waals surface area contributed by atoms with E-state index in [0.717, 1.165) is 71.1 Å². The second-order valence-electron chi connectivity index (χ2n) is 12.1. The van der Waals surface area contributed by atoms with E-state index >= 15 is 0 Å². The lowest BCUT2D eigenvalue weighted by Crippen LogP contribution is -1.94. The van der Waals surface area contributed by atoms with Gasteiger partial charge in [0, 0.05) is 37.5 Å². The zero-order chi connectivity index (χ0) is 31.6. The van der Waals surface area contributed by atoms with Crippen LogP contribution in [0.5, 0.6) is 0 Å². The van der Waals surface area contributed by atoms with E-state index in [1.165, 1.54) is 21.0 Å². The second kappa shape index (κ2) is 10.7. The molecule has 3 heterocycles. The van der Waals surface area contributed by atoms with Gasteiger partial charge >= 0.3 is 0 Å². The summed E-state index contributed by atoms with van der Waals surface area (Å²) >= 11 is 1.75. The highest BCUT2D eigenvalue weighted by Gasteiger charge is 2.22. The summed E-state index contributed by atoms with van der Waals surface area (Å²) < 4.78 is 9.07. The second-order valence-corrected chi connectivity index (χ2v) is 13.2. The number of hydrogen-bond donors (Lipinski definition) is 0. The minimum Gasteiger partial charge on any atom is -0.455 e. The molecule has 224 valence electrons. The van der Waals surface area contributed by atoms with Gasteiger partial charge in [-0.15, -0.1) is 11.3 Å². The molecule has 10 aromatic rings. The number of fused-ring (bicyclic) bond motifs is 7. The highest BCUT2D eigenvalue weighted by atomic mass is 32.1. The van der Waals surface area contributed by atoms with Gasteiger partial charge in [0.15, 0.2) is 5.82 Å². The monoisotopic (exact) mass is 630 g/mol. The first-order chi connectivity index (χ1) is 23.8. The molecule has 0 bridgehead atoms. The van der Waals surface area contributed by atoms with Gasteiger partial charge in [0.25, 0.3) is 0 Å². The zero-order valence-corrected chi connectivity index (χ0v) is 26.5. The number of rotatable bonds is 4. The lowest BCUT2D eigenvalue weighted by atomic mass is 9.94. The fraction of sp³-hybridized carbons (Fsp3) is 0. The smallest absolute Gasteiger partial charge is 0.161 e. The molecule has 4 heteroatoms. The average molecular weight is 631 g/mol. The molecule has 3 aromatic heterocycles. The van der Waals surface area contributed by atoms with Gasteiger partial charge in [0.1, 0.15) is 11.2 Å². The quantitative estimate of drug-likeness (QED) is 0.194. The van der Waals surface area contributed by atoms with Crippen molar-refractivity contribution in [3.05, 3.63) is 158 Å². The third-order valence-corrected chi connectivity index (χ3v) is 10.4. The van der Waals surface area contributed by atoms with Crippen LogP contribution in [-0.4, -0.2) is 9.97 Å². The lowest BCUT2D eigenvalue weighted by Gasteiger charge is -2.10. The van der Waals surface area contributed by atoms with Gasteiger partial charge in [0.05, 0.1) is 15.9 Å². The van der Waals surface area contributed by atoms with Crippen molar-refractivity contribution < 1.29 is 4.42 Å². The normalized spacial score (nSPS) is 11.8. The van der Waals surface area contributed by atoms with Crippen molar-refractivity contribution in [1.29, 1.82) is 0 Å². The predicted octanol–water partition coefficient (Wildman–Crippen LogP) is 12.6. The molecule has 48 heavy (non-hydrogen) atoms. The van der Waals surface area contributed by atoms with Crippen molar-refractivity contribution in [1.82, 2.24) is 9.97 Å². The summed E-state index contributed by atoms with van der Waals surface area (Å²) in [6, 6.07) is 55.3. The summed E-state index contributed by atoms with van der Waals surface area (Å²) in [5.41, 5.74) is 10.2. The predicted molar refractivity (Wildman–Crippen MR) is 201 cm³/mol. The van der Waals surface area contributed by atoms with Gasteiger partial charge in [-0.1, -0.05) is 133 Å². The minimum atomic E-state index is 0.689. The number of hydrogen-bond acceptors (Lipinski definition) is 4. The number of nitrogens with zero attached hydrogens (tertiary/aromatic N) is 2. The Morgan fingerprint density at radius 2 is 1.19 bits per heavy atom. The molecule has 10 rings (SSSR count). The molecule has 0 N–H and O–H groups in total. The molecule has 0 fully saturated rings.